The molecule has 0 unspecified atom stereocenters. The smallest absolute Gasteiger partial charge is 0.261 e. The Morgan fingerprint density at radius 2 is 2.08 bits per heavy atom. The minimum atomic E-state index is -0.432. The molecule has 1 N–H and O–H groups in total. The molecule has 8 nitrogen and oxygen atoms in total. The van der Waals surface area contributed by atoms with Gasteiger partial charge in [0.1, 0.15) is 5.76 Å². The second-order valence-corrected chi connectivity index (χ2v) is 6.39. The molecule has 0 bridgehead atoms. The maximum atomic E-state index is 12.6. The standard InChI is InChI=1S/C18H17N3O5/c1-10-7-15(20-26-10)19-16(22)11-4-5-13-14(8-11)18(24)21(17(13)23)9-12-3-2-6-25-12/h4-5,7-8,12H,2-3,6,9H2,1H3,(H,19,20,22)/t12-/m0/s1. The summed E-state index contributed by atoms with van der Waals surface area (Å²) in [5, 5.41) is 6.29. The predicted octanol–water partition coefficient (Wildman–Crippen LogP) is 2.01. The number of imide groups is 1. The first-order valence-corrected chi connectivity index (χ1v) is 8.39. The summed E-state index contributed by atoms with van der Waals surface area (Å²) in [5.74, 6) is -0.318. The topological polar surface area (TPSA) is 102 Å². The fourth-order valence-corrected chi connectivity index (χ4v) is 3.20. The molecule has 26 heavy (non-hydrogen) atoms. The summed E-state index contributed by atoms with van der Waals surface area (Å²) >= 11 is 0. The highest BCUT2D eigenvalue weighted by atomic mass is 16.5. The molecule has 8 heteroatoms. The number of anilines is 1. The summed E-state index contributed by atoms with van der Waals surface area (Å²) in [6.07, 6.45) is 1.65. The molecule has 3 amide bonds. The van der Waals surface area contributed by atoms with Crippen LogP contribution in [0.4, 0.5) is 5.82 Å². The number of amides is 3. The molecule has 0 spiro atoms. The molecule has 0 saturated carbocycles. The van der Waals surface area contributed by atoms with E-state index in [2.05, 4.69) is 10.5 Å². The van der Waals surface area contributed by atoms with Crippen molar-refractivity contribution in [3.8, 4) is 0 Å². The maximum absolute atomic E-state index is 12.6. The number of aromatic nitrogens is 1. The third-order valence-corrected chi connectivity index (χ3v) is 4.51. The summed E-state index contributed by atoms with van der Waals surface area (Å²) in [5.41, 5.74) is 0.809. The van der Waals surface area contributed by atoms with E-state index in [4.69, 9.17) is 9.26 Å². The van der Waals surface area contributed by atoms with Crippen LogP contribution in [0.25, 0.3) is 0 Å². The van der Waals surface area contributed by atoms with Crippen LogP contribution in [0.1, 0.15) is 49.7 Å². The zero-order chi connectivity index (χ0) is 18.3. The van der Waals surface area contributed by atoms with Crippen LogP contribution in [-0.2, 0) is 4.74 Å². The second kappa shape index (κ2) is 6.38. The van der Waals surface area contributed by atoms with E-state index in [0.717, 1.165) is 12.8 Å². The van der Waals surface area contributed by atoms with Gasteiger partial charge >= 0.3 is 0 Å². The average Bonchev–Trinajstić information content (AvgIpc) is 3.33. The Balaban J connectivity index is 1.54. The number of aryl methyl sites for hydroxylation is 1. The number of nitrogens with zero attached hydrogens (tertiary/aromatic N) is 2. The molecule has 1 atom stereocenters. The molecular weight excluding hydrogens is 338 g/mol. The Morgan fingerprint density at radius 1 is 1.27 bits per heavy atom. The van der Waals surface area contributed by atoms with E-state index in [1.807, 2.05) is 0 Å². The van der Waals surface area contributed by atoms with Crippen LogP contribution in [0.5, 0.6) is 0 Å². The SMILES string of the molecule is Cc1cc(NC(=O)c2ccc3c(c2)C(=O)N(C[C@@H]2CCCO2)C3=O)no1. The third-order valence-electron chi connectivity index (χ3n) is 4.51. The highest BCUT2D eigenvalue weighted by Crippen LogP contribution is 2.26. The first kappa shape index (κ1) is 16.5. The monoisotopic (exact) mass is 355 g/mol. The van der Waals surface area contributed by atoms with E-state index in [9.17, 15) is 14.4 Å². The molecule has 3 heterocycles. The summed E-state index contributed by atoms with van der Waals surface area (Å²) in [4.78, 5) is 38.7. The van der Waals surface area contributed by atoms with Crippen molar-refractivity contribution >= 4 is 23.5 Å². The Bertz CT molecular complexity index is 898. The largest absolute Gasteiger partial charge is 0.376 e. The molecule has 0 radical (unpaired) electrons. The van der Waals surface area contributed by atoms with Crippen molar-refractivity contribution in [3.05, 3.63) is 46.7 Å². The van der Waals surface area contributed by atoms with Crippen LogP contribution in [0.2, 0.25) is 0 Å². The Morgan fingerprint density at radius 3 is 2.77 bits per heavy atom. The highest BCUT2D eigenvalue weighted by molar-refractivity contribution is 6.22. The quantitative estimate of drug-likeness (QED) is 0.842. The third kappa shape index (κ3) is 2.88. The van der Waals surface area contributed by atoms with Crippen molar-refractivity contribution in [1.29, 1.82) is 0 Å². The minimum absolute atomic E-state index is 0.115. The molecule has 134 valence electrons. The lowest BCUT2D eigenvalue weighted by molar-refractivity contribution is 0.0475. The van der Waals surface area contributed by atoms with Gasteiger partial charge in [0, 0.05) is 18.2 Å². The van der Waals surface area contributed by atoms with Crippen molar-refractivity contribution in [3.63, 3.8) is 0 Å². The number of nitrogens with one attached hydrogen (secondary N) is 1. The Labute approximate surface area is 149 Å². The van der Waals surface area contributed by atoms with Gasteiger partial charge in [0.25, 0.3) is 17.7 Å². The number of carbonyl (C=O) groups excluding carboxylic acids is 3. The van der Waals surface area contributed by atoms with Crippen LogP contribution in [-0.4, -0.2) is 47.0 Å². The van der Waals surface area contributed by atoms with Gasteiger partial charge in [-0.15, -0.1) is 0 Å². The van der Waals surface area contributed by atoms with Gasteiger partial charge < -0.3 is 14.6 Å². The molecule has 1 aromatic heterocycles. The van der Waals surface area contributed by atoms with Crippen LogP contribution < -0.4 is 5.32 Å². The van der Waals surface area contributed by atoms with Crippen molar-refractivity contribution in [1.82, 2.24) is 10.1 Å². The highest BCUT2D eigenvalue weighted by Gasteiger charge is 2.37. The van der Waals surface area contributed by atoms with E-state index in [0.29, 0.717) is 17.9 Å². The van der Waals surface area contributed by atoms with Gasteiger partial charge in [-0.1, -0.05) is 5.16 Å². The molecule has 1 fully saturated rings. The molecule has 2 aromatic rings. The second-order valence-electron chi connectivity index (χ2n) is 6.39. The lowest BCUT2D eigenvalue weighted by Crippen LogP contribution is -2.36. The molecule has 2 aliphatic heterocycles. The fraction of sp³-hybridized carbons (Fsp3) is 0.333. The van der Waals surface area contributed by atoms with Gasteiger partial charge in [-0.25, -0.2) is 0 Å². The van der Waals surface area contributed by atoms with Crippen LogP contribution in [0.3, 0.4) is 0 Å². The lowest BCUT2D eigenvalue weighted by Gasteiger charge is -2.17. The number of ether oxygens (including phenoxy) is 1. The number of hydrogen-bond acceptors (Lipinski definition) is 6. The van der Waals surface area contributed by atoms with Gasteiger partial charge in [-0.3, -0.25) is 19.3 Å². The summed E-state index contributed by atoms with van der Waals surface area (Å²) in [6, 6.07) is 6.05. The molecule has 4 rings (SSSR count). The number of rotatable bonds is 4. The molecule has 2 aliphatic rings. The van der Waals surface area contributed by atoms with E-state index < -0.39 is 11.8 Å². The minimum Gasteiger partial charge on any atom is -0.376 e. The zero-order valence-corrected chi connectivity index (χ0v) is 14.2. The van der Waals surface area contributed by atoms with Crippen LogP contribution >= 0.6 is 0 Å². The van der Waals surface area contributed by atoms with Gasteiger partial charge in [0.15, 0.2) is 5.82 Å². The van der Waals surface area contributed by atoms with Gasteiger partial charge in [0.2, 0.25) is 0 Å². The molecule has 1 saturated heterocycles. The maximum Gasteiger partial charge on any atom is 0.261 e. The first-order chi connectivity index (χ1) is 12.5. The average molecular weight is 355 g/mol. The summed E-state index contributed by atoms with van der Waals surface area (Å²) in [7, 11) is 0. The van der Waals surface area contributed by atoms with Gasteiger partial charge in [-0.05, 0) is 38.0 Å². The number of carbonyl (C=O) groups is 3. The molecule has 0 aliphatic carbocycles. The summed E-state index contributed by atoms with van der Waals surface area (Å²) in [6.45, 7) is 2.61. The van der Waals surface area contributed by atoms with Gasteiger partial charge in [0.05, 0.1) is 23.8 Å². The normalized spacial score (nSPS) is 19.1. The van der Waals surface area contributed by atoms with Crippen molar-refractivity contribution < 1.29 is 23.6 Å². The summed E-state index contributed by atoms with van der Waals surface area (Å²) < 4.78 is 10.4. The Kier molecular flexibility index (Phi) is 4.04. The van der Waals surface area contributed by atoms with Crippen molar-refractivity contribution in [2.75, 3.05) is 18.5 Å². The van der Waals surface area contributed by atoms with E-state index >= 15 is 0 Å². The lowest BCUT2D eigenvalue weighted by atomic mass is 10.1. The zero-order valence-electron chi connectivity index (χ0n) is 14.2. The Hall–Kier alpha value is -3.00. The first-order valence-electron chi connectivity index (χ1n) is 8.39. The number of fused-ring (bicyclic) bond motifs is 1. The van der Waals surface area contributed by atoms with Crippen LogP contribution in [0.15, 0.2) is 28.8 Å². The van der Waals surface area contributed by atoms with E-state index in [-0.39, 0.29) is 35.5 Å². The number of hydrogen-bond donors (Lipinski definition) is 1. The molecule has 1 aromatic carbocycles. The number of benzene rings is 1. The molecular formula is C18H17N3O5. The van der Waals surface area contributed by atoms with Crippen LogP contribution in [0, 0.1) is 6.92 Å². The fourth-order valence-electron chi connectivity index (χ4n) is 3.20. The van der Waals surface area contributed by atoms with E-state index in [1.165, 1.54) is 23.1 Å². The van der Waals surface area contributed by atoms with Crippen molar-refractivity contribution in [2.45, 2.75) is 25.9 Å². The van der Waals surface area contributed by atoms with Crippen molar-refractivity contribution in [2.24, 2.45) is 0 Å². The van der Waals surface area contributed by atoms with E-state index in [1.54, 1.807) is 13.0 Å². The van der Waals surface area contributed by atoms with Gasteiger partial charge in [-0.2, -0.15) is 0 Å². The predicted molar refractivity (Wildman–Crippen MR) is 90.0 cm³/mol.